The van der Waals surface area contributed by atoms with E-state index in [0.29, 0.717) is 0 Å². The minimum absolute atomic E-state index is 0. The molecular formula is C6H6CuF3NO3S. The molecule has 0 saturated carbocycles. The van der Waals surface area contributed by atoms with Crippen molar-refractivity contribution < 1.29 is 43.2 Å². The van der Waals surface area contributed by atoms with Crippen LogP contribution >= 0.6 is 0 Å². The molecule has 1 aromatic heterocycles. The molecule has 0 unspecified atom stereocenters. The van der Waals surface area contributed by atoms with Crippen LogP contribution in [-0.4, -0.2) is 23.5 Å². The Kier molecular flexibility index (Phi) is 7.59. The van der Waals surface area contributed by atoms with Crippen LogP contribution in [0.1, 0.15) is 0 Å². The van der Waals surface area contributed by atoms with Gasteiger partial charge in [0, 0.05) is 29.5 Å². The van der Waals surface area contributed by atoms with Crippen LogP contribution in [0.2, 0.25) is 0 Å². The second-order valence-electron chi connectivity index (χ2n) is 1.95. The van der Waals surface area contributed by atoms with Crippen molar-refractivity contribution in [3.8, 4) is 0 Å². The Morgan fingerprint density at radius 2 is 1.40 bits per heavy atom. The van der Waals surface area contributed by atoms with Crippen molar-refractivity contribution in [2.45, 2.75) is 5.51 Å². The molecule has 0 aliphatic carbocycles. The van der Waals surface area contributed by atoms with Gasteiger partial charge in [-0.15, -0.1) is 0 Å². The number of nitrogens with zero attached hydrogens (tertiary/aromatic N) is 1. The molecule has 0 amide bonds. The second kappa shape index (κ2) is 6.78. The van der Waals surface area contributed by atoms with E-state index in [1.165, 1.54) is 0 Å². The number of hydrogen-bond donors (Lipinski definition) is 1. The van der Waals surface area contributed by atoms with E-state index in [0.717, 1.165) is 0 Å². The number of hydrogen-bond acceptors (Lipinski definition) is 3. The van der Waals surface area contributed by atoms with Crippen LogP contribution in [0.4, 0.5) is 13.2 Å². The largest absolute Gasteiger partial charge is 0.522 e. The van der Waals surface area contributed by atoms with Gasteiger partial charge >= 0.3 is 15.6 Å². The molecule has 1 radical (unpaired) electrons. The molecule has 1 rings (SSSR count). The van der Waals surface area contributed by atoms with E-state index in [1.807, 2.05) is 18.2 Å². The van der Waals surface area contributed by atoms with Gasteiger partial charge in [-0.05, 0) is 12.1 Å². The van der Waals surface area contributed by atoms with Gasteiger partial charge in [-0.25, -0.2) is 0 Å². The third-order valence-electron chi connectivity index (χ3n) is 0.859. The number of alkyl halides is 3. The predicted molar refractivity (Wildman–Crippen MR) is 41.8 cm³/mol. The van der Waals surface area contributed by atoms with Crippen LogP contribution in [0.3, 0.4) is 0 Å². The predicted octanol–water partition coefficient (Wildman–Crippen LogP) is 1.47. The second-order valence-corrected chi connectivity index (χ2v) is 3.36. The maximum atomic E-state index is 10.7. The van der Waals surface area contributed by atoms with E-state index in [1.54, 1.807) is 12.4 Å². The van der Waals surface area contributed by atoms with Crippen molar-refractivity contribution in [2.75, 3.05) is 0 Å². The average molecular weight is 293 g/mol. The number of aromatic nitrogens is 1. The van der Waals surface area contributed by atoms with Crippen LogP contribution in [0.5, 0.6) is 0 Å². The molecule has 0 bridgehead atoms. The molecule has 1 N–H and O–H groups in total. The summed E-state index contributed by atoms with van der Waals surface area (Å²) in [5.41, 5.74) is -5.53. The van der Waals surface area contributed by atoms with E-state index in [2.05, 4.69) is 4.98 Å². The van der Waals surface area contributed by atoms with Gasteiger partial charge in [0.15, 0.2) is 0 Å². The first-order valence-corrected chi connectivity index (χ1v) is 4.58. The Morgan fingerprint density at radius 3 is 1.47 bits per heavy atom. The van der Waals surface area contributed by atoms with Crippen LogP contribution in [-0.2, 0) is 27.2 Å². The SMILES string of the molecule is O=S(=O)(O)C(F)(F)F.[Cu].c1ccncc1. The fourth-order valence-corrected chi connectivity index (χ4v) is 0.313. The number of halogens is 3. The summed E-state index contributed by atoms with van der Waals surface area (Å²) in [6, 6.07) is 5.72. The molecule has 0 saturated heterocycles. The Morgan fingerprint density at radius 1 is 1.07 bits per heavy atom. The van der Waals surface area contributed by atoms with Crippen LogP contribution in [0.15, 0.2) is 30.6 Å². The fraction of sp³-hybridized carbons (Fsp3) is 0.167. The van der Waals surface area contributed by atoms with Gasteiger partial charge in [-0.1, -0.05) is 6.07 Å². The Bertz CT molecular complexity index is 327. The zero-order valence-electron chi connectivity index (χ0n) is 6.94. The van der Waals surface area contributed by atoms with Crippen molar-refractivity contribution in [3.05, 3.63) is 30.6 Å². The van der Waals surface area contributed by atoms with Crippen LogP contribution in [0.25, 0.3) is 0 Å². The van der Waals surface area contributed by atoms with Crippen LogP contribution in [0, 0.1) is 0 Å². The van der Waals surface area contributed by atoms with Crippen molar-refractivity contribution in [1.82, 2.24) is 4.98 Å². The van der Waals surface area contributed by atoms with E-state index in [9.17, 15) is 13.2 Å². The summed E-state index contributed by atoms with van der Waals surface area (Å²) in [5, 5.41) is 0. The van der Waals surface area contributed by atoms with E-state index >= 15 is 0 Å². The molecule has 4 nitrogen and oxygen atoms in total. The summed E-state index contributed by atoms with van der Waals surface area (Å²) in [6.45, 7) is 0. The van der Waals surface area contributed by atoms with Gasteiger partial charge in [-0.2, -0.15) is 21.6 Å². The molecule has 0 atom stereocenters. The first-order valence-electron chi connectivity index (χ1n) is 3.14. The van der Waals surface area contributed by atoms with E-state index < -0.39 is 15.6 Å². The van der Waals surface area contributed by atoms with Gasteiger partial charge in [0.1, 0.15) is 0 Å². The quantitative estimate of drug-likeness (QED) is 0.447. The van der Waals surface area contributed by atoms with Crippen molar-refractivity contribution >= 4 is 10.1 Å². The number of rotatable bonds is 0. The summed E-state index contributed by atoms with van der Waals surface area (Å²) < 4.78 is 57.5. The topological polar surface area (TPSA) is 67.3 Å². The molecule has 0 aromatic carbocycles. The maximum Gasteiger partial charge on any atom is 0.522 e. The van der Waals surface area contributed by atoms with Gasteiger partial charge in [0.05, 0.1) is 0 Å². The average Bonchev–Trinajstić information content (AvgIpc) is 2.05. The molecule has 0 fully saturated rings. The molecule has 1 aromatic rings. The smallest absolute Gasteiger partial charge is 0.279 e. The fourth-order valence-electron chi connectivity index (χ4n) is 0.313. The van der Waals surface area contributed by atoms with Gasteiger partial charge < -0.3 is 0 Å². The molecule has 0 aliphatic heterocycles. The maximum absolute atomic E-state index is 10.7. The summed E-state index contributed by atoms with van der Waals surface area (Å²) in [6.07, 6.45) is 3.50. The molecule has 1 heterocycles. The Labute approximate surface area is 94.7 Å². The minimum Gasteiger partial charge on any atom is -0.279 e. The monoisotopic (exact) mass is 292 g/mol. The standard InChI is InChI=1S/C5H5N.CHF3O3S.Cu/c1-2-4-6-5-3-1;2-1(3,4)8(5,6)7;/h1-5H;(H,5,6,7);. The van der Waals surface area contributed by atoms with Crippen molar-refractivity contribution in [1.29, 1.82) is 0 Å². The van der Waals surface area contributed by atoms with Crippen LogP contribution < -0.4 is 0 Å². The zero-order chi connectivity index (χ0) is 11.2. The van der Waals surface area contributed by atoms with E-state index in [4.69, 9.17) is 13.0 Å². The van der Waals surface area contributed by atoms with Gasteiger partial charge in [0.2, 0.25) is 0 Å². The molecule has 91 valence electrons. The third-order valence-corrected chi connectivity index (χ3v) is 1.44. The first kappa shape index (κ1) is 16.8. The molecular weight excluding hydrogens is 287 g/mol. The molecule has 15 heavy (non-hydrogen) atoms. The summed E-state index contributed by atoms with van der Waals surface area (Å²) in [7, 11) is -5.84. The Hall–Kier alpha value is -0.631. The summed E-state index contributed by atoms with van der Waals surface area (Å²) >= 11 is 0. The third kappa shape index (κ3) is 8.37. The van der Waals surface area contributed by atoms with Crippen molar-refractivity contribution in [2.24, 2.45) is 0 Å². The Balaban J connectivity index is 0. The minimum atomic E-state index is -5.84. The van der Waals surface area contributed by atoms with E-state index in [-0.39, 0.29) is 17.1 Å². The molecule has 0 spiro atoms. The summed E-state index contributed by atoms with van der Waals surface area (Å²) in [4.78, 5) is 3.78. The zero-order valence-corrected chi connectivity index (χ0v) is 8.70. The number of pyridine rings is 1. The van der Waals surface area contributed by atoms with Gasteiger partial charge in [0.25, 0.3) is 0 Å². The first-order chi connectivity index (χ1) is 6.25. The van der Waals surface area contributed by atoms with Gasteiger partial charge in [-0.3, -0.25) is 9.54 Å². The normalized spacial score (nSPS) is 10.7. The van der Waals surface area contributed by atoms with Crippen molar-refractivity contribution in [3.63, 3.8) is 0 Å². The molecule has 9 heteroatoms. The molecule has 0 aliphatic rings. The summed E-state index contributed by atoms with van der Waals surface area (Å²) in [5.74, 6) is 0.